The van der Waals surface area contributed by atoms with Crippen molar-refractivity contribution in [3.05, 3.63) is 34.9 Å². The maximum absolute atomic E-state index is 11.7. The van der Waals surface area contributed by atoms with E-state index in [0.717, 1.165) is 13.0 Å². The summed E-state index contributed by atoms with van der Waals surface area (Å²) in [4.78, 5) is 11.7. The van der Waals surface area contributed by atoms with E-state index in [1.165, 1.54) is 0 Å². The summed E-state index contributed by atoms with van der Waals surface area (Å²) < 4.78 is 10.4. The molecular formula is C13H17ClO3. The topological polar surface area (TPSA) is 35.5 Å². The van der Waals surface area contributed by atoms with E-state index in [1.807, 2.05) is 6.92 Å². The van der Waals surface area contributed by atoms with Crippen LogP contribution in [0.4, 0.5) is 0 Å². The molecule has 94 valence electrons. The van der Waals surface area contributed by atoms with E-state index >= 15 is 0 Å². The summed E-state index contributed by atoms with van der Waals surface area (Å²) >= 11 is 5.90. The summed E-state index contributed by atoms with van der Waals surface area (Å²) in [5.74, 6) is -0.105. The maximum atomic E-state index is 11.7. The van der Waals surface area contributed by atoms with Crippen molar-refractivity contribution in [1.82, 2.24) is 0 Å². The fourth-order valence-electron chi connectivity index (χ4n) is 1.29. The summed E-state index contributed by atoms with van der Waals surface area (Å²) in [5.41, 5.74) is 0.503. The third kappa shape index (κ3) is 5.31. The number of Topliss-reactive ketones (excluding diaryl/α,β-unsaturated/α-hetero) is 1. The third-order valence-corrected chi connectivity index (χ3v) is 2.46. The van der Waals surface area contributed by atoms with Gasteiger partial charge in [-0.2, -0.15) is 0 Å². The van der Waals surface area contributed by atoms with Crippen LogP contribution < -0.4 is 0 Å². The Morgan fingerprint density at radius 1 is 1.18 bits per heavy atom. The Morgan fingerprint density at radius 2 is 1.88 bits per heavy atom. The molecule has 0 saturated carbocycles. The Balaban J connectivity index is 2.24. The van der Waals surface area contributed by atoms with Crippen LogP contribution in [0.25, 0.3) is 0 Å². The highest BCUT2D eigenvalue weighted by molar-refractivity contribution is 6.34. The molecule has 0 fully saturated rings. The van der Waals surface area contributed by atoms with Gasteiger partial charge in [-0.1, -0.05) is 30.7 Å². The molecule has 0 heterocycles. The van der Waals surface area contributed by atoms with Crippen LogP contribution in [0.2, 0.25) is 5.02 Å². The van der Waals surface area contributed by atoms with Crippen molar-refractivity contribution in [2.75, 3.05) is 26.4 Å². The number of carbonyl (C=O) groups is 1. The number of ketones is 1. The fraction of sp³-hybridized carbons (Fsp3) is 0.462. The van der Waals surface area contributed by atoms with E-state index in [4.69, 9.17) is 21.1 Å². The van der Waals surface area contributed by atoms with Crippen LogP contribution >= 0.6 is 11.6 Å². The zero-order valence-corrected chi connectivity index (χ0v) is 10.7. The van der Waals surface area contributed by atoms with Gasteiger partial charge in [0, 0.05) is 12.2 Å². The molecule has 17 heavy (non-hydrogen) atoms. The molecule has 0 aliphatic rings. The van der Waals surface area contributed by atoms with E-state index in [2.05, 4.69) is 0 Å². The molecule has 0 saturated heterocycles. The number of hydrogen-bond donors (Lipinski definition) is 0. The molecule has 0 unspecified atom stereocenters. The number of hydrogen-bond acceptors (Lipinski definition) is 3. The lowest BCUT2D eigenvalue weighted by Gasteiger charge is -2.05. The van der Waals surface area contributed by atoms with Crippen molar-refractivity contribution in [1.29, 1.82) is 0 Å². The third-order valence-electron chi connectivity index (χ3n) is 2.13. The number of ether oxygens (including phenoxy) is 2. The van der Waals surface area contributed by atoms with Gasteiger partial charge in [0.1, 0.15) is 6.61 Å². The Morgan fingerprint density at radius 3 is 2.59 bits per heavy atom. The molecule has 0 aliphatic heterocycles. The Kier molecular flexibility index (Phi) is 6.86. The first-order chi connectivity index (χ1) is 8.25. The lowest BCUT2D eigenvalue weighted by atomic mass is 10.1. The van der Waals surface area contributed by atoms with Crippen LogP contribution in [0.5, 0.6) is 0 Å². The Labute approximate surface area is 107 Å². The molecule has 4 heteroatoms. The summed E-state index contributed by atoms with van der Waals surface area (Å²) in [7, 11) is 0. The molecule has 1 aromatic rings. The second kappa shape index (κ2) is 8.23. The summed E-state index contributed by atoms with van der Waals surface area (Å²) in [6.07, 6.45) is 0.985. The molecule has 0 radical (unpaired) electrons. The van der Waals surface area contributed by atoms with Gasteiger partial charge in [0.05, 0.1) is 18.2 Å². The number of rotatable bonds is 8. The fourth-order valence-corrected chi connectivity index (χ4v) is 1.54. The average Bonchev–Trinajstić information content (AvgIpc) is 2.34. The molecule has 0 amide bonds. The Bertz CT molecular complexity index is 352. The standard InChI is InChI=1S/C13H17ClO3/c1-2-7-16-8-9-17-10-13(15)11-5-3-4-6-12(11)14/h3-6H,2,7-10H2,1H3. The minimum absolute atomic E-state index is 0.0409. The van der Waals surface area contributed by atoms with Gasteiger partial charge >= 0.3 is 0 Å². The van der Waals surface area contributed by atoms with Crippen LogP contribution in [0.1, 0.15) is 23.7 Å². The van der Waals surface area contributed by atoms with Gasteiger partial charge in [0.15, 0.2) is 5.78 Å². The molecule has 0 bridgehead atoms. The zero-order valence-electron chi connectivity index (χ0n) is 9.95. The molecule has 0 aliphatic carbocycles. The van der Waals surface area contributed by atoms with Gasteiger partial charge < -0.3 is 9.47 Å². The van der Waals surface area contributed by atoms with E-state index < -0.39 is 0 Å². The van der Waals surface area contributed by atoms with Crippen LogP contribution in [-0.4, -0.2) is 32.2 Å². The number of carbonyl (C=O) groups excluding carboxylic acids is 1. The van der Waals surface area contributed by atoms with Crippen LogP contribution in [0, 0.1) is 0 Å². The van der Waals surface area contributed by atoms with Crippen molar-refractivity contribution >= 4 is 17.4 Å². The molecule has 1 rings (SSSR count). The first-order valence-corrected chi connectivity index (χ1v) is 6.06. The smallest absolute Gasteiger partial charge is 0.189 e. The summed E-state index contributed by atoms with van der Waals surface area (Å²) in [5, 5.41) is 0.461. The van der Waals surface area contributed by atoms with Gasteiger partial charge in [0.2, 0.25) is 0 Å². The van der Waals surface area contributed by atoms with Crippen LogP contribution in [-0.2, 0) is 9.47 Å². The molecular weight excluding hydrogens is 240 g/mol. The first-order valence-electron chi connectivity index (χ1n) is 5.69. The highest BCUT2D eigenvalue weighted by Crippen LogP contribution is 2.15. The quantitative estimate of drug-likeness (QED) is 0.530. The normalized spacial score (nSPS) is 10.5. The largest absolute Gasteiger partial charge is 0.379 e. The average molecular weight is 257 g/mol. The van der Waals surface area contributed by atoms with Gasteiger partial charge in [-0.3, -0.25) is 4.79 Å². The van der Waals surface area contributed by atoms with Gasteiger partial charge in [0.25, 0.3) is 0 Å². The minimum Gasteiger partial charge on any atom is -0.379 e. The lowest BCUT2D eigenvalue weighted by molar-refractivity contribution is 0.0441. The van der Waals surface area contributed by atoms with E-state index in [1.54, 1.807) is 24.3 Å². The summed E-state index contributed by atoms with van der Waals surface area (Å²) in [6, 6.07) is 6.96. The SMILES string of the molecule is CCCOCCOCC(=O)c1ccccc1Cl. The predicted octanol–water partition coefficient (Wildman–Crippen LogP) is 2.97. The Hall–Kier alpha value is -0.900. The second-order valence-corrected chi connectivity index (χ2v) is 3.98. The van der Waals surface area contributed by atoms with Crippen LogP contribution in [0.3, 0.4) is 0 Å². The van der Waals surface area contributed by atoms with Gasteiger partial charge in [-0.05, 0) is 18.6 Å². The molecule has 0 atom stereocenters. The van der Waals surface area contributed by atoms with Crippen molar-refractivity contribution < 1.29 is 14.3 Å². The zero-order chi connectivity index (χ0) is 12.5. The molecule has 3 nitrogen and oxygen atoms in total. The van der Waals surface area contributed by atoms with E-state index in [0.29, 0.717) is 23.8 Å². The maximum Gasteiger partial charge on any atom is 0.189 e. The molecule has 0 N–H and O–H groups in total. The molecule has 1 aromatic carbocycles. The highest BCUT2D eigenvalue weighted by Gasteiger charge is 2.09. The summed E-state index contributed by atoms with van der Waals surface area (Å²) in [6.45, 7) is 3.75. The molecule has 0 spiro atoms. The van der Waals surface area contributed by atoms with E-state index in [9.17, 15) is 4.79 Å². The second-order valence-electron chi connectivity index (χ2n) is 3.57. The van der Waals surface area contributed by atoms with Crippen molar-refractivity contribution in [3.8, 4) is 0 Å². The van der Waals surface area contributed by atoms with E-state index in [-0.39, 0.29) is 12.4 Å². The minimum atomic E-state index is -0.105. The highest BCUT2D eigenvalue weighted by atomic mass is 35.5. The lowest BCUT2D eigenvalue weighted by Crippen LogP contribution is -2.13. The van der Waals surface area contributed by atoms with Crippen molar-refractivity contribution in [2.24, 2.45) is 0 Å². The molecule has 0 aromatic heterocycles. The van der Waals surface area contributed by atoms with Gasteiger partial charge in [-0.15, -0.1) is 0 Å². The number of halogens is 1. The van der Waals surface area contributed by atoms with Crippen LogP contribution in [0.15, 0.2) is 24.3 Å². The predicted molar refractivity (Wildman–Crippen MR) is 67.7 cm³/mol. The van der Waals surface area contributed by atoms with Gasteiger partial charge in [-0.25, -0.2) is 0 Å². The first kappa shape index (κ1) is 14.2. The monoisotopic (exact) mass is 256 g/mol. The number of benzene rings is 1. The van der Waals surface area contributed by atoms with Crippen molar-refractivity contribution in [3.63, 3.8) is 0 Å². The van der Waals surface area contributed by atoms with Crippen molar-refractivity contribution in [2.45, 2.75) is 13.3 Å².